The summed E-state index contributed by atoms with van der Waals surface area (Å²) in [7, 11) is 0. The Kier molecular flexibility index (Phi) is 5.50. The molecule has 0 spiro atoms. The Labute approximate surface area is 146 Å². The van der Waals surface area contributed by atoms with Crippen molar-refractivity contribution in [2.75, 3.05) is 44.6 Å². The zero-order chi connectivity index (χ0) is 17.8. The topological polar surface area (TPSA) is 88.0 Å². The predicted molar refractivity (Wildman–Crippen MR) is 93.8 cm³/mol. The number of urea groups is 1. The molecule has 0 bridgehead atoms. The van der Waals surface area contributed by atoms with Crippen LogP contribution in [0.4, 0.5) is 16.2 Å². The standard InChI is InChI=1S/C17H24N4O4/c1-13-4-5-14(11-16(13)21(23)24)18-17(22)20-8-6-19(7-9-20)12-15-3-2-10-25-15/h4-5,11,15H,2-3,6-10,12H2,1H3,(H,18,22)/t15-/m1/s1. The zero-order valence-corrected chi connectivity index (χ0v) is 14.4. The summed E-state index contributed by atoms with van der Waals surface area (Å²) in [5.74, 6) is 0. The minimum atomic E-state index is -0.436. The fourth-order valence-corrected chi connectivity index (χ4v) is 3.30. The molecule has 0 aliphatic carbocycles. The van der Waals surface area contributed by atoms with Crippen molar-refractivity contribution < 1.29 is 14.5 Å². The highest BCUT2D eigenvalue weighted by atomic mass is 16.6. The van der Waals surface area contributed by atoms with Gasteiger partial charge in [-0.3, -0.25) is 15.0 Å². The number of ether oxygens (including phenoxy) is 1. The SMILES string of the molecule is Cc1ccc(NC(=O)N2CCN(C[C@H]3CCCO3)CC2)cc1[N+](=O)[O-]. The normalized spacial score (nSPS) is 21.3. The smallest absolute Gasteiger partial charge is 0.321 e. The fourth-order valence-electron chi connectivity index (χ4n) is 3.30. The van der Waals surface area contributed by atoms with Crippen LogP contribution in [0.25, 0.3) is 0 Å². The van der Waals surface area contributed by atoms with Crippen LogP contribution in [0.1, 0.15) is 18.4 Å². The molecule has 0 unspecified atom stereocenters. The van der Waals surface area contributed by atoms with Gasteiger partial charge in [-0.05, 0) is 25.8 Å². The fraction of sp³-hybridized carbons (Fsp3) is 0.588. The van der Waals surface area contributed by atoms with Gasteiger partial charge in [-0.1, -0.05) is 6.07 Å². The first-order valence-electron chi connectivity index (χ1n) is 8.68. The molecule has 2 aliphatic heterocycles. The Morgan fingerprint density at radius 2 is 2.12 bits per heavy atom. The minimum Gasteiger partial charge on any atom is -0.377 e. The number of carbonyl (C=O) groups excluding carboxylic acids is 1. The van der Waals surface area contributed by atoms with Crippen molar-refractivity contribution in [1.29, 1.82) is 0 Å². The predicted octanol–water partition coefficient (Wildman–Crippen LogP) is 2.23. The molecule has 2 saturated heterocycles. The third kappa shape index (κ3) is 4.46. The zero-order valence-electron chi connectivity index (χ0n) is 14.4. The van der Waals surface area contributed by atoms with Crippen molar-refractivity contribution in [3.8, 4) is 0 Å². The Morgan fingerprint density at radius 3 is 2.76 bits per heavy atom. The molecule has 2 fully saturated rings. The lowest BCUT2D eigenvalue weighted by Crippen LogP contribution is -2.51. The molecule has 25 heavy (non-hydrogen) atoms. The van der Waals surface area contributed by atoms with Crippen molar-refractivity contribution in [3.63, 3.8) is 0 Å². The van der Waals surface area contributed by atoms with Crippen LogP contribution in [0.3, 0.4) is 0 Å². The van der Waals surface area contributed by atoms with Gasteiger partial charge in [0.25, 0.3) is 5.69 Å². The lowest BCUT2D eigenvalue weighted by atomic mass is 10.2. The third-order valence-electron chi connectivity index (χ3n) is 4.80. The average molecular weight is 348 g/mol. The summed E-state index contributed by atoms with van der Waals surface area (Å²) in [4.78, 5) is 27.0. The minimum absolute atomic E-state index is 0.0131. The molecule has 2 aliphatic rings. The van der Waals surface area contributed by atoms with Crippen LogP contribution < -0.4 is 5.32 Å². The highest BCUT2D eigenvalue weighted by Gasteiger charge is 2.25. The van der Waals surface area contributed by atoms with Crippen molar-refractivity contribution in [2.24, 2.45) is 0 Å². The number of rotatable bonds is 4. The average Bonchev–Trinajstić information content (AvgIpc) is 3.10. The number of nitro benzene ring substituents is 1. The second-order valence-electron chi connectivity index (χ2n) is 6.61. The quantitative estimate of drug-likeness (QED) is 0.666. The number of amides is 2. The molecule has 0 saturated carbocycles. The molecule has 2 amide bonds. The summed E-state index contributed by atoms with van der Waals surface area (Å²) in [5, 5.41) is 13.8. The molecule has 1 aromatic carbocycles. The van der Waals surface area contributed by atoms with Crippen LogP contribution in [-0.4, -0.2) is 66.2 Å². The summed E-state index contributed by atoms with van der Waals surface area (Å²) in [6.07, 6.45) is 2.58. The van der Waals surface area contributed by atoms with E-state index in [4.69, 9.17) is 4.74 Å². The monoisotopic (exact) mass is 348 g/mol. The van der Waals surface area contributed by atoms with Crippen molar-refractivity contribution in [3.05, 3.63) is 33.9 Å². The van der Waals surface area contributed by atoms with Crippen molar-refractivity contribution in [2.45, 2.75) is 25.9 Å². The maximum absolute atomic E-state index is 12.4. The van der Waals surface area contributed by atoms with Crippen LogP contribution in [-0.2, 0) is 4.74 Å². The Hall–Kier alpha value is -2.19. The first-order valence-corrected chi connectivity index (χ1v) is 8.68. The number of nitro groups is 1. The summed E-state index contributed by atoms with van der Waals surface area (Å²) in [6.45, 7) is 6.40. The highest BCUT2D eigenvalue weighted by Crippen LogP contribution is 2.22. The second kappa shape index (κ2) is 7.79. The number of nitrogens with one attached hydrogen (secondary N) is 1. The van der Waals surface area contributed by atoms with E-state index in [1.165, 1.54) is 6.07 Å². The molecule has 1 atom stereocenters. The van der Waals surface area contributed by atoms with Crippen molar-refractivity contribution in [1.82, 2.24) is 9.80 Å². The van der Waals surface area contributed by atoms with Gasteiger partial charge in [0.05, 0.1) is 11.0 Å². The molecular weight excluding hydrogens is 324 g/mol. The van der Waals surface area contributed by atoms with E-state index in [9.17, 15) is 14.9 Å². The van der Waals surface area contributed by atoms with E-state index < -0.39 is 4.92 Å². The van der Waals surface area contributed by atoms with E-state index in [0.717, 1.165) is 39.1 Å². The second-order valence-corrected chi connectivity index (χ2v) is 6.61. The van der Waals surface area contributed by atoms with Crippen LogP contribution in [0.5, 0.6) is 0 Å². The van der Waals surface area contributed by atoms with Gasteiger partial charge in [0.2, 0.25) is 0 Å². The molecule has 136 valence electrons. The van der Waals surface area contributed by atoms with Crippen LogP contribution in [0.2, 0.25) is 0 Å². The Bertz CT molecular complexity index is 638. The van der Waals surface area contributed by atoms with Gasteiger partial charge in [0.15, 0.2) is 0 Å². The van der Waals surface area contributed by atoms with E-state index >= 15 is 0 Å². The lowest BCUT2D eigenvalue weighted by Gasteiger charge is -2.35. The highest BCUT2D eigenvalue weighted by molar-refractivity contribution is 5.89. The number of nitrogens with zero attached hydrogens (tertiary/aromatic N) is 3. The molecule has 8 heteroatoms. The molecule has 3 rings (SSSR count). The Morgan fingerprint density at radius 1 is 1.36 bits per heavy atom. The number of anilines is 1. The molecule has 2 heterocycles. The Balaban J connectivity index is 1.51. The summed E-state index contributed by atoms with van der Waals surface area (Å²) in [6, 6.07) is 4.53. The number of aryl methyl sites for hydroxylation is 1. The van der Waals surface area contributed by atoms with Gasteiger partial charge < -0.3 is 15.0 Å². The number of benzene rings is 1. The number of hydrogen-bond donors (Lipinski definition) is 1. The molecule has 1 N–H and O–H groups in total. The molecule has 1 aromatic rings. The van der Waals surface area contributed by atoms with Crippen LogP contribution in [0, 0.1) is 17.0 Å². The molecular formula is C17H24N4O4. The third-order valence-corrected chi connectivity index (χ3v) is 4.80. The number of hydrogen-bond acceptors (Lipinski definition) is 5. The largest absolute Gasteiger partial charge is 0.377 e. The van der Waals surface area contributed by atoms with Crippen LogP contribution in [0.15, 0.2) is 18.2 Å². The van der Waals surface area contributed by atoms with E-state index in [2.05, 4.69) is 10.2 Å². The summed E-state index contributed by atoms with van der Waals surface area (Å²) in [5.41, 5.74) is 1.04. The maximum Gasteiger partial charge on any atom is 0.321 e. The van der Waals surface area contributed by atoms with Crippen LogP contribution >= 0.6 is 0 Å². The molecule has 0 aromatic heterocycles. The number of carbonyl (C=O) groups is 1. The van der Waals surface area contributed by atoms with E-state index in [-0.39, 0.29) is 11.7 Å². The van der Waals surface area contributed by atoms with Gasteiger partial charge in [-0.25, -0.2) is 4.79 Å². The van der Waals surface area contributed by atoms with Gasteiger partial charge >= 0.3 is 6.03 Å². The van der Waals surface area contributed by atoms with Gasteiger partial charge in [0.1, 0.15) is 0 Å². The maximum atomic E-state index is 12.4. The van der Waals surface area contributed by atoms with E-state index in [1.54, 1.807) is 24.0 Å². The molecule has 0 radical (unpaired) electrons. The summed E-state index contributed by atoms with van der Waals surface area (Å²) >= 11 is 0. The van der Waals surface area contributed by atoms with Crippen molar-refractivity contribution >= 4 is 17.4 Å². The first-order chi connectivity index (χ1) is 12.0. The first kappa shape index (κ1) is 17.6. The lowest BCUT2D eigenvalue weighted by molar-refractivity contribution is -0.385. The summed E-state index contributed by atoms with van der Waals surface area (Å²) < 4.78 is 5.66. The van der Waals surface area contributed by atoms with Gasteiger partial charge in [0, 0.05) is 56.6 Å². The van der Waals surface area contributed by atoms with Gasteiger partial charge in [-0.15, -0.1) is 0 Å². The van der Waals surface area contributed by atoms with E-state index in [0.29, 0.717) is 30.4 Å². The number of piperazine rings is 1. The van der Waals surface area contributed by atoms with Gasteiger partial charge in [-0.2, -0.15) is 0 Å². The molecule has 8 nitrogen and oxygen atoms in total. The van der Waals surface area contributed by atoms with E-state index in [1.807, 2.05) is 0 Å².